The first-order chi connectivity index (χ1) is 17.9. The molecular formula is C26H35BrN4O5S. The predicted octanol–water partition coefficient (Wildman–Crippen LogP) is 2.77. The Morgan fingerprint density at radius 3 is 2.46 bits per heavy atom. The molecule has 1 fully saturated rings. The molecule has 1 aromatic carbocycles. The average molecular weight is 596 g/mol. The monoisotopic (exact) mass is 594 g/mol. The standard InChI is InChI=1S/C17H15BrN2O3S.C5H10N2O.C3H6.CH4O/c18-12-1-4-15-11(7-12)8-16(20(15)5-6-21)17(23)19-9-13-2-3-14(10-22)24-13;1-6-5-2-7(3-5)4-8;1-3-2;1-2/h1-2,4,6-8,10,14H,3,5,9H2,(H,19,23);4-6H,2-3H2,1H3;3H,1H2,2H3;2H,1H3. The van der Waals surface area contributed by atoms with E-state index in [0.29, 0.717) is 24.7 Å². The van der Waals surface area contributed by atoms with Crippen molar-refractivity contribution in [1.82, 2.24) is 20.1 Å². The molecule has 2 aliphatic rings. The Hall–Kier alpha value is -2.73. The van der Waals surface area contributed by atoms with E-state index in [9.17, 15) is 19.2 Å². The maximum Gasteiger partial charge on any atom is 0.268 e. The van der Waals surface area contributed by atoms with E-state index in [-0.39, 0.29) is 17.7 Å². The van der Waals surface area contributed by atoms with Crippen LogP contribution >= 0.6 is 27.7 Å². The number of halogens is 1. The predicted molar refractivity (Wildman–Crippen MR) is 153 cm³/mol. The Kier molecular flexibility index (Phi) is 15.4. The van der Waals surface area contributed by atoms with Crippen LogP contribution in [0.4, 0.5) is 0 Å². The molecule has 1 atom stereocenters. The van der Waals surface area contributed by atoms with Crippen LogP contribution in [0.3, 0.4) is 0 Å². The number of hydrogen-bond donors (Lipinski definition) is 3. The van der Waals surface area contributed by atoms with Crippen molar-refractivity contribution in [2.24, 2.45) is 0 Å². The average Bonchev–Trinajstić information content (AvgIpc) is 3.49. The van der Waals surface area contributed by atoms with Crippen LogP contribution in [-0.4, -0.2) is 84.5 Å². The molecule has 3 heterocycles. The van der Waals surface area contributed by atoms with E-state index >= 15 is 0 Å². The molecule has 0 bridgehead atoms. The van der Waals surface area contributed by atoms with Crippen LogP contribution in [0.5, 0.6) is 0 Å². The fraction of sp³-hybridized carbons (Fsp3) is 0.385. The molecule has 2 aromatic rings. The van der Waals surface area contributed by atoms with Crippen molar-refractivity contribution in [1.29, 1.82) is 0 Å². The van der Waals surface area contributed by atoms with E-state index in [0.717, 1.165) is 59.5 Å². The van der Waals surface area contributed by atoms with Gasteiger partial charge in [0.1, 0.15) is 18.3 Å². The molecule has 1 aromatic heterocycles. The number of aromatic nitrogens is 1. The molecule has 1 unspecified atom stereocenters. The van der Waals surface area contributed by atoms with Crippen LogP contribution in [0.1, 0.15) is 23.8 Å². The van der Waals surface area contributed by atoms with Gasteiger partial charge in [-0.2, -0.15) is 0 Å². The van der Waals surface area contributed by atoms with Gasteiger partial charge in [0, 0.05) is 53.1 Å². The summed E-state index contributed by atoms with van der Waals surface area (Å²) in [6, 6.07) is 8.00. The summed E-state index contributed by atoms with van der Waals surface area (Å²) in [7, 11) is 2.91. The minimum absolute atomic E-state index is 0.0456. The van der Waals surface area contributed by atoms with E-state index in [2.05, 4.69) is 33.1 Å². The lowest BCUT2D eigenvalue weighted by Crippen LogP contribution is -2.56. The fourth-order valence-electron chi connectivity index (χ4n) is 3.48. The quantitative estimate of drug-likeness (QED) is 0.317. The topological polar surface area (TPSA) is 121 Å². The third-order valence-electron chi connectivity index (χ3n) is 5.28. The van der Waals surface area contributed by atoms with Crippen LogP contribution < -0.4 is 10.6 Å². The number of amides is 2. The summed E-state index contributed by atoms with van der Waals surface area (Å²) in [4.78, 5) is 47.0. The van der Waals surface area contributed by atoms with Gasteiger partial charge in [-0.3, -0.25) is 9.59 Å². The number of carbonyl (C=O) groups is 4. The number of aliphatic hydroxyl groups excluding tert-OH is 1. The van der Waals surface area contributed by atoms with E-state index in [1.54, 1.807) is 21.6 Å². The number of aliphatic hydroxyl groups is 1. The summed E-state index contributed by atoms with van der Waals surface area (Å²) in [6.45, 7) is 7.51. The van der Waals surface area contributed by atoms with Gasteiger partial charge >= 0.3 is 0 Å². The van der Waals surface area contributed by atoms with Crippen LogP contribution in [0.2, 0.25) is 0 Å². The van der Waals surface area contributed by atoms with Crippen molar-refractivity contribution < 1.29 is 24.3 Å². The number of fused-ring (bicyclic) bond motifs is 1. The fourth-order valence-corrected chi connectivity index (χ4v) is 4.84. The van der Waals surface area contributed by atoms with E-state index in [4.69, 9.17) is 5.11 Å². The maximum absolute atomic E-state index is 12.5. The number of rotatable bonds is 8. The maximum atomic E-state index is 12.5. The van der Waals surface area contributed by atoms with Crippen molar-refractivity contribution in [3.63, 3.8) is 0 Å². The number of nitrogens with zero attached hydrogens (tertiary/aromatic N) is 2. The molecule has 0 spiro atoms. The first-order valence-electron chi connectivity index (χ1n) is 11.6. The number of likely N-dealkylation sites (N-methyl/N-ethyl adjacent to an activating group) is 1. The van der Waals surface area contributed by atoms with Gasteiger partial charge in [0.2, 0.25) is 6.41 Å². The summed E-state index contributed by atoms with van der Waals surface area (Å²) in [6.07, 6.45) is 7.02. The lowest BCUT2D eigenvalue weighted by atomic mass is 10.1. The molecule has 9 nitrogen and oxygen atoms in total. The smallest absolute Gasteiger partial charge is 0.268 e. The Labute approximate surface area is 230 Å². The molecule has 0 saturated carbocycles. The summed E-state index contributed by atoms with van der Waals surface area (Å²) in [5, 5.41) is 13.8. The summed E-state index contributed by atoms with van der Waals surface area (Å²) in [5.41, 5.74) is 1.29. The minimum atomic E-state index is -0.236. The Bertz CT molecular complexity index is 1080. The molecular weight excluding hydrogens is 560 g/mol. The second-order valence-electron chi connectivity index (χ2n) is 7.84. The number of benzene rings is 1. The number of hydrogen-bond acceptors (Lipinski definition) is 7. The zero-order chi connectivity index (χ0) is 27.8. The SMILES string of the molecule is C=CC.CNC1CN(C=O)C1.CO.O=CCn1c(C(=O)NCC2=CCC(C=O)S2)cc2cc(Br)ccc21. The molecule has 4 rings (SSSR count). The summed E-state index contributed by atoms with van der Waals surface area (Å²) < 4.78 is 2.62. The number of allylic oxidation sites excluding steroid dienone is 2. The highest BCUT2D eigenvalue weighted by Gasteiger charge is 2.22. The molecule has 2 aliphatic heterocycles. The second kappa shape index (κ2) is 17.7. The Balaban J connectivity index is 0.000000437. The van der Waals surface area contributed by atoms with Gasteiger partial charge in [-0.1, -0.05) is 28.1 Å². The van der Waals surface area contributed by atoms with Gasteiger partial charge < -0.3 is 34.8 Å². The van der Waals surface area contributed by atoms with E-state index < -0.39 is 0 Å². The molecule has 0 aliphatic carbocycles. The molecule has 11 heteroatoms. The zero-order valence-electron chi connectivity index (χ0n) is 21.4. The number of carbonyl (C=O) groups excluding carboxylic acids is 4. The lowest BCUT2D eigenvalue weighted by molar-refractivity contribution is -0.122. The number of likely N-dealkylation sites (tertiary alicyclic amines) is 1. The molecule has 3 N–H and O–H groups in total. The van der Waals surface area contributed by atoms with E-state index in [1.165, 1.54) is 11.8 Å². The summed E-state index contributed by atoms with van der Waals surface area (Å²) >= 11 is 4.89. The Morgan fingerprint density at radius 2 is 1.92 bits per heavy atom. The van der Waals surface area contributed by atoms with Crippen LogP contribution in [0.15, 0.2) is 52.4 Å². The van der Waals surface area contributed by atoms with Gasteiger partial charge in [0.05, 0.1) is 11.8 Å². The number of nitrogens with one attached hydrogen (secondary N) is 2. The van der Waals surface area contributed by atoms with Crippen LogP contribution in [0, 0.1) is 0 Å². The first-order valence-corrected chi connectivity index (χ1v) is 13.3. The second-order valence-corrected chi connectivity index (χ2v) is 10.1. The highest BCUT2D eigenvalue weighted by molar-refractivity contribution is 9.10. The normalized spacial score (nSPS) is 15.9. The van der Waals surface area contributed by atoms with Crippen LogP contribution in [0.25, 0.3) is 10.9 Å². The zero-order valence-corrected chi connectivity index (χ0v) is 23.8. The molecule has 1 saturated heterocycles. The number of aldehydes is 2. The first kappa shape index (κ1) is 32.3. The molecule has 37 heavy (non-hydrogen) atoms. The van der Waals surface area contributed by atoms with Crippen molar-refractivity contribution in [2.45, 2.75) is 31.2 Å². The molecule has 0 radical (unpaired) electrons. The van der Waals surface area contributed by atoms with Crippen molar-refractivity contribution in [3.05, 3.63) is 58.1 Å². The Morgan fingerprint density at radius 1 is 1.24 bits per heavy atom. The van der Waals surface area contributed by atoms with Gasteiger partial charge in [0.25, 0.3) is 5.91 Å². The molecule has 202 valence electrons. The number of thioether (sulfide) groups is 1. The summed E-state index contributed by atoms with van der Waals surface area (Å²) in [5.74, 6) is -0.236. The third-order valence-corrected chi connectivity index (χ3v) is 6.99. The van der Waals surface area contributed by atoms with Crippen molar-refractivity contribution in [3.8, 4) is 0 Å². The lowest BCUT2D eigenvalue weighted by Gasteiger charge is -2.35. The van der Waals surface area contributed by atoms with Gasteiger partial charge in [-0.05, 0) is 44.7 Å². The van der Waals surface area contributed by atoms with E-state index in [1.807, 2.05) is 38.2 Å². The third kappa shape index (κ3) is 9.92. The largest absolute Gasteiger partial charge is 0.400 e. The van der Waals surface area contributed by atoms with Crippen molar-refractivity contribution in [2.75, 3.05) is 33.8 Å². The van der Waals surface area contributed by atoms with Gasteiger partial charge in [-0.15, -0.1) is 18.3 Å². The van der Waals surface area contributed by atoms with Gasteiger partial charge in [0.15, 0.2) is 0 Å². The van der Waals surface area contributed by atoms with Crippen molar-refractivity contribution >= 4 is 63.5 Å². The minimum Gasteiger partial charge on any atom is -0.400 e. The molecule has 2 amide bonds. The highest BCUT2D eigenvalue weighted by Crippen LogP contribution is 2.30. The van der Waals surface area contributed by atoms with Crippen LogP contribution in [-0.2, 0) is 20.9 Å². The highest BCUT2D eigenvalue weighted by atomic mass is 79.9. The van der Waals surface area contributed by atoms with Gasteiger partial charge in [-0.25, -0.2) is 0 Å².